The predicted molar refractivity (Wildman–Crippen MR) is 484 cm³/mol. The van der Waals surface area contributed by atoms with Crippen molar-refractivity contribution in [3.63, 3.8) is 0 Å². The number of azo groups is 1. The van der Waals surface area contributed by atoms with E-state index in [1.807, 2.05) is 18.2 Å². The van der Waals surface area contributed by atoms with E-state index < -0.39 is 128 Å². The number of rotatable bonds is 7. The number of anilines is 1. The average molecular weight is 1810 g/mol. The molecule has 1 aromatic heterocycles. The summed E-state index contributed by atoms with van der Waals surface area (Å²) in [7, 11) is 0. The van der Waals surface area contributed by atoms with E-state index in [4.69, 9.17) is 56.4 Å². The fraction of sp³-hybridized carbons (Fsp3) is 0.306. The highest BCUT2D eigenvalue weighted by atomic mass is 35.5. The summed E-state index contributed by atoms with van der Waals surface area (Å²) in [5.41, 5.74) is -3.00. The van der Waals surface area contributed by atoms with Crippen LogP contribution in [0.4, 0.5) is 45.8 Å². The molecule has 1 N–H and O–H groups in total. The number of nitrogens with zero attached hydrogens (tertiary/aromatic N) is 8. The van der Waals surface area contributed by atoms with Gasteiger partial charge in [-0.05, 0) is 229 Å². The average Bonchev–Trinajstić information content (AvgIpc) is 1.56. The molecule has 8 aromatic rings. The molecule has 1 aliphatic carbocycles. The maximum absolute atomic E-state index is 14.0. The Morgan fingerprint density at radius 2 is 0.623 bits per heavy atom. The third kappa shape index (κ3) is 21.4. The zero-order valence-corrected chi connectivity index (χ0v) is 77.4. The van der Waals surface area contributed by atoms with Gasteiger partial charge in [0, 0.05) is 26.7 Å². The highest BCUT2D eigenvalue weighted by molar-refractivity contribution is 6.38. The molecule has 30 nitrogen and oxygen atoms in total. The number of carbonyl (C=O) groups is 13. The molecular weight excluding hydrogens is 1710 g/mol. The number of H-pyrrole nitrogens is 1. The van der Waals surface area contributed by atoms with Crippen molar-refractivity contribution in [2.75, 3.05) is 4.90 Å². The minimum Gasteiger partial charge on any atom is -0.459 e. The lowest BCUT2D eigenvalue weighted by molar-refractivity contribution is -0.155. The fourth-order valence-electron chi connectivity index (χ4n) is 13.9. The number of amides is 9. The maximum atomic E-state index is 14.0. The molecule has 1 unspecified atom stereocenters. The first kappa shape index (κ1) is 96.4. The van der Waals surface area contributed by atoms with Crippen molar-refractivity contribution < 1.29 is 95.5 Å². The van der Waals surface area contributed by atoms with E-state index >= 15 is 0 Å². The summed E-state index contributed by atoms with van der Waals surface area (Å²) in [4.78, 5) is 191. The van der Waals surface area contributed by atoms with Crippen LogP contribution in [0.5, 0.6) is 0 Å². The maximum Gasteiger partial charge on any atom is 0.433 e. The van der Waals surface area contributed by atoms with Gasteiger partial charge in [0.05, 0.1) is 62.1 Å². The van der Waals surface area contributed by atoms with E-state index in [0.29, 0.717) is 60.5 Å². The Morgan fingerprint density at radius 3 is 0.977 bits per heavy atom. The lowest BCUT2D eigenvalue weighted by atomic mass is 9.94. The smallest absolute Gasteiger partial charge is 0.433 e. The van der Waals surface area contributed by atoms with Crippen molar-refractivity contribution in [1.29, 1.82) is 0 Å². The summed E-state index contributed by atoms with van der Waals surface area (Å²) < 4.78 is 39.5. The lowest BCUT2D eigenvalue weighted by Gasteiger charge is -2.27. The SMILES string of the molecule is CC(C)(C)OC(=O)C1/C(=C2\C(=O)c3ccccc3N2C(=O)OC(C)(C)C)C(=O)c2ccccc21.CC(C)(C)OC(=O)N1C(=O)C2=C(c3ccc(Cl)cc3)N(C(=O)OC(C)(C)C)C(=O)C2=C1c1ccc(Cl)cc1.CC(C)(C)OC(=O)N1C(=O)C2=C(c3ccccc3)N(C(=O)OC(C)(C)C)C(=O)C2=C1c1ccccc1.Cc1c(N=Nc2ccccc2)c(=O)[nH]n1C(=O)OC(C)(C)C. The number of para-hydroxylation sites is 1. The first-order valence-corrected chi connectivity index (χ1v) is 41.9. The van der Waals surface area contributed by atoms with Crippen LogP contribution in [0.1, 0.15) is 206 Å². The van der Waals surface area contributed by atoms with E-state index in [1.54, 1.807) is 322 Å². The summed E-state index contributed by atoms with van der Waals surface area (Å²) in [6.45, 7) is 37.2. The number of aromatic amines is 1. The van der Waals surface area contributed by atoms with Crippen molar-refractivity contribution >= 4 is 141 Å². The molecule has 0 bridgehead atoms. The highest BCUT2D eigenvalue weighted by Crippen LogP contribution is 2.52. The molecule has 32 heteroatoms. The number of imide groups is 4. The largest absolute Gasteiger partial charge is 0.459 e. The second-order valence-electron chi connectivity index (χ2n) is 37.2. The van der Waals surface area contributed by atoms with E-state index in [-0.39, 0.29) is 67.6 Å². The lowest BCUT2D eigenvalue weighted by Crippen LogP contribution is -2.40. The molecule has 0 saturated heterocycles. The molecule has 0 radical (unpaired) electrons. The summed E-state index contributed by atoms with van der Waals surface area (Å²) in [6.07, 6.45) is -5.22. The Morgan fingerprint density at radius 1 is 0.323 bits per heavy atom. The molecule has 9 amide bonds. The normalized spacial score (nSPS) is 16.2. The quantitative estimate of drug-likeness (QED) is 0.0670. The molecule has 1 atom stereocenters. The van der Waals surface area contributed by atoms with Gasteiger partial charge in [-0.1, -0.05) is 163 Å². The predicted octanol–water partition coefficient (Wildman–Crippen LogP) is 20.9. The van der Waals surface area contributed by atoms with Gasteiger partial charge in [-0.3, -0.25) is 43.5 Å². The fourth-order valence-corrected chi connectivity index (χ4v) is 14.2. The second kappa shape index (κ2) is 36.8. The van der Waals surface area contributed by atoms with Crippen LogP contribution in [0.15, 0.2) is 237 Å². The summed E-state index contributed by atoms with van der Waals surface area (Å²) in [5, 5.41) is 11.1. The van der Waals surface area contributed by atoms with Crippen LogP contribution in [-0.2, 0) is 57.1 Å². The summed E-state index contributed by atoms with van der Waals surface area (Å²) in [5.74, 6) is -5.97. The Hall–Kier alpha value is -14.3. The Bertz CT molecular complexity index is 5920. The van der Waals surface area contributed by atoms with Crippen molar-refractivity contribution in [1.82, 2.24) is 29.4 Å². The molecule has 676 valence electrons. The van der Waals surface area contributed by atoms with Gasteiger partial charge in [0.2, 0.25) is 5.78 Å². The van der Waals surface area contributed by atoms with Crippen LogP contribution in [0.25, 0.3) is 22.8 Å². The van der Waals surface area contributed by atoms with Gasteiger partial charge >= 0.3 is 42.5 Å². The Balaban J connectivity index is 0.000000170. The molecule has 7 aromatic carbocycles. The Kier molecular flexibility index (Phi) is 27.3. The number of aromatic nitrogens is 2. The first-order valence-electron chi connectivity index (χ1n) is 41.2. The number of fused-ring (bicyclic) bond motifs is 4. The van der Waals surface area contributed by atoms with Crippen LogP contribution in [0.2, 0.25) is 10.0 Å². The van der Waals surface area contributed by atoms with Gasteiger partial charge in [-0.15, -0.1) is 5.11 Å². The number of allylic oxidation sites excluding steroid dienone is 1. The minimum absolute atomic E-state index is 0.0153. The van der Waals surface area contributed by atoms with Crippen LogP contribution in [0, 0.1) is 6.92 Å². The van der Waals surface area contributed by atoms with Crippen LogP contribution in [-0.4, -0.2) is 146 Å². The molecule has 0 spiro atoms. The monoisotopic (exact) mass is 1810 g/mol. The number of hydrogen-bond donors (Lipinski definition) is 1. The standard InChI is InChI=1S/C28H26Cl2N2O6.C28H28N2O6.C27H27NO6.C15H18N4O3/c1-27(2,3)37-25(35)31-21(15-7-11-17(29)12-8-15)19-20(23(31)33)22(16-9-13-18(30)14-10-16)32(24(19)34)26(36)38-28(4,5)6;1-27(2,3)35-25(33)29-21(17-13-9-7-10-14-17)19-20(23(29)31)22(18-15-11-8-12-16-18)30(24(19)32)26(34)36-28(4,5)6;1-26(2,3)33-24(31)19-15-11-7-8-12-16(15)22(29)20(19)21-23(30)17-13-9-10-14-18(17)28(21)25(32)34-27(4,5)6;1-10-12(17-16-11-8-6-5-7-9-11)13(20)18-19(10)14(21)22-15(2,3)4/h7-14H,1-6H3;7-16H,1-6H3;7-14,19H,1-6H3;5-9H,1-4H3,(H,18,20)/b;;21-20-;. The van der Waals surface area contributed by atoms with Crippen molar-refractivity contribution in [3.8, 4) is 0 Å². The van der Waals surface area contributed by atoms with Gasteiger partial charge in [0.15, 0.2) is 11.5 Å². The number of ketones is 2. The van der Waals surface area contributed by atoms with Gasteiger partial charge in [-0.25, -0.2) is 53.3 Å². The first-order chi connectivity index (χ1) is 60.5. The number of halogens is 2. The third-order valence-electron chi connectivity index (χ3n) is 18.7. The molecule has 14 rings (SSSR count). The topological polar surface area (TPSA) is 365 Å². The number of benzene rings is 7. The summed E-state index contributed by atoms with van der Waals surface area (Å²) in [6, 6.07) is 52.0. The molecule has 6 heterocycles. The second-order valence-corrected chi connectivity index (χ2v) is 38.0. The van der Waals surface area contributed by atoms with Crippen LogP contribution < -0.4 is 10.5 Å². The van der Waals surface area contributed by atoms with Gasteiger partial charge in [0.1, 0.15) is 50.8 Å². The van der Waals surface area contributed by atoms with E-state index in [0.717, 1.165) is 29.2 Å². The van der Waals surface area contributed by atoms with Crippen molar-refractivity contribution in [3.05, 3.63) is 287 Å². The third-order valence-corrected chi connectivity index (χ3v) is 19.2. The number of Topliss-reactive ketones (excluding diaryl/α,β-unsaturated/α-hetero) is 2. The van der Waals surface area contributed by atoms with E-state index in [2.05, 4.69) is 15.3 Å². The zero-order chi connectivity index (χ0) is 95.9. The number of nitrogens with one attached hydrogen (secondary N) is 1. The molecule has 6 aliphatic rings. The van der Waals surface area contributed by atoms with Gasteiger partial charge in [0.25, 0.3) is 29.2 Å². The summed E-state index contributed by atoms with van der Waals surface area (Å²) >= 11 is 12.1. The number of esters is 1. The number of ether oxygens (including phenoxy) is 7. The highest BCUT2D eigenvalue weighted by Gasteiger charge is 2.57. The van der Waals surface area contributed by atoms with Crippen molar-refractivity contribution in [2.24, 2.45) is 10.2 Å². The molecular formula is C98H99Cl2N9O21. The molecule has 5 aliphatic heterocycles. The van der Waals surface area contributed by atoms with Crippen LogP contribution >= 0.6 is 23.2 Å². The van der Waals surface area contributed by atoms with Crippen molar-refractivity contribution in [2.45, 2.75) is 197 Å². The minimum atomic E-state index is -1.15. The van der Waals surface area contributed by atoms with E-state index in [9.17, 15) is 67.1 Å². The molecule has 0 saturated carbocycles. The number of hydrogen-bond acceptors (Lipinski definition) is 23. The van der Waals surface area contributed by atoms with Gasteiger partial charge in [-0.2, -0.15) is 9.80 Å². The van der Waals surface area contributed by atoms with Gasteiger partial charge < -0.3 is 33.2 Å². The molecule has 130 heavy (non-hydrogen) atoms. The van der Waals surface area contributed by atoms with E-state index in [1.165, 1.54) is 0 Å². The zero-order valence-electron chi connectivity index (χ0n) is 75.9. The molecule has 0 fully saturated rings. The number of carbonyl (C=O) groups excluding carboxylic acids is 13. The van der Waals surface area contributed by atoms with Crippen LogP contribution in [0.3, 0.4) is 0 Å². The Labute approximate surface area is 760 Å².